The minimum Gasteiger partial charge on any atom is -0.317 e. The predicted molar refractivity (Wildman–Crippen MR) is 81.0 cm³/mol. The third kappa shape index (κ3) is 6.75. The van der Waals surface area contributed by atoms with Crippen molar-refractivity contribution in [1.29, 1.82) is 0 Å². The molecule has 0 aliphatic carbocycles. The molecule has 1 aliphatic heterocycles. The lowest BCUT2D eigenvalue weighted by atomic mass is 9.94. The minimum atomic E-state index is 0.919. The van der Waals surface area contributed by atoms with Gasteiger partial charge in [-0.2, -0.15) is 0 Å². The van der Waals surface area contributed by atoms with E-state index < -0.39 is 0 Å². The van der Waals surface area contributed by atoms with Gasteiger partial charge in [-0.15, -0.1) is 0 Å². The Kier molecular flexibility index (Phi) is 8.70. The minimum absolute atomic E-state index is 0.919. The van der Waals surface area contributed by atoms with Gasteiger partial charge in [-0.1, -0.05) is 33.1 Å². The van der Waals surface area contributed by atoms with Gasteiger partial charge in [-0.05, 0) is 64.2 Å². The first-order chi connectivity index (χ1) is 8.76. The van der Waals surface area contributed by atoms with E-state index in [0.717, 1.165) is 11.8 Å². The fourth-order valence-electron chi connectivity index (χ4n) is 3.02. The maximum absolute atomic E-state index is 3.45. The molecular formula is C16H34N2. The van der Waals surface area contributed by atoms with Crippen LogP contribution in [-0.2, 0) is 0 Å². The lowest BCUT2D eigenvalue weighted by Gasteiger charge is -2.27. The second kappa shape index (κ2) is 9.80. The average Bonchev–Trinajstić information content (AvgIpc) is 2.42. The largest absolute Gasteiger partial charge is 0.317 e. The summed E-state index contributed by atoms with van der Waals surface area (Å²) in [6.07, 6.45) is 9.70. The summed E-state index contributed by atoms with van der Waals surface area (Å²) >= 11 is 0. The van der Waals surface area contributed by atoms with E-state index in [1.54, 1.807) is 0 Å². The average molecular weight is 254 g/mol. The van der Waals surface area contributed by atoms with Crippen molar-refractivity contribution in [3.8, 4) is 0 Å². The van der Waals surface area contributed by atoms with Gasteiger partial charge < -0.3 is 10.2 Å². The first-order valence-electron chi connectivity index (χ1n) is 8.15. The van der Waals surface area contributed by atoms with Crippen LogP contribution in [-0.4, -0.2) is 38.1 Å². The van der Waals surface area contributed by atoms with Crippen molar-refractivity contribution < 1.29 is 0 Å². The van der Waals surface area contributed by atoms with Gasteiger partial charge in [-0.25, -0.2) is 0 Å². The monoisotopic (exact) mass is 254 g/mol. The SMILES string of the molecule is CCCCC(CC)CN(C)CCC1CCNCC1. The molecule has 1 heterocycles. The maximum atomic E-state index is 3.45. The molecule has 0 radical (unpaired) electrons. The molecule has 0 saturated carbocycles. The van der Waals surface area contributed by atoms with Crippen molar-refractivity contribution in [1.82, 2.24) is 10.2 Å². The second-order valence-electron chi connectivity index (χ2n) is 6.16. The topological polar surface area (TPSA) is 15.3 Å². The van der Waals surface area contributed by atoms with Crippen LogP contribution in [0.1, 0.15) is 58.8 Å². The number of nitrogens with zero attached hydrogens (tertiary/aromatic N) is 1. The fourth-order valence-corrected chi connectivity index (χ4v) is 3.02. The van der Waals surface area contributed by atoms with Crippen LogP contribution in [0.3, 0.4) is 0 Å². The Bertz CT molecular complexity index is 188. The van der Waals surface area contributed by atoms with E-state index in [1.165, 1.54) is 71.1 Å². The lowest BCUT2D eigenvalue weighted by Crippen LogP contribution is -2.32. The first-order valence-corrected chi connectivity index (χ1v) is 8.15. The van der Waals surface area contributed by atoms with Gasteiger partial charge >= 0.3 is 0 Å². The van der Waals surface area contributed by atoms with Gasteiger partial charge in [0.25, 0.3) is 0 Å². The Morgan fingerprint density at radius 2 is 1.94 bits per heavy atom. The van der Waals surface area contributed by atoms with E-state index in [2.05, 4.69) is 31.1 Å². The molecule has 1 fully saturated rings. The summed E-state index contributed by atoms with van der Waals surface area (Å²) in [6.45, 7) is 9.73. The Morgan fingerprint density at radius 3 is 2.56 bits per heavy atom. The molecular weight excluding hydrogens is 220 g/mol. The number of hydrogen-bond acceptors (Lipinski definition) is 2. The van der Waals surface area contributed by atoms with E-state index in [0.29, 0.717) is 0 Å². The summed E-state index contributed by atoms with van der Waals surface area (Å²) in [5, 5.41) is 3.45. The first kappa shape index (κ1) is 16.0. The van der Waals surface area contributed by atoms with Crippen molar-refractivity contribution in [3.63, 3.8) is 0 Å². The molecule has 18 heavy (non-hydrogen) atoms. The number of nitrogens with one attached hydrogen (secondary N) is 1. The molecule has 2 heteroatoms. The molecule has 2 nitrogen and oxygen atoms in total. The number of rotatable bonds is 9. The molecule has 108 valence electrons. The van der Waals surface area contributed by atoms with Crippen LogP contribution in [0, 0.1) is 11.8 Å². The Hall–Kier alpha value is -0.0800. The summed E-state index contributed by atoms with van der Waals surface area (Å²) in [6, 6.07) is 0. The normalized spacial score (nSPS) is 19.3. The Labute approximate surface area is 115 Å². The molecule has 0 aromatic heterocycles. The molecule has 1 rings (SSSR count). The highest BCUT2D eigenvalue weighted by Crippen LogP contribution is 2.18. The zero-order chi connectivity index (χ0) is 13.2. The third-order valence-corrected chi connectivity index (χ3v) is 4.49. The summed E-state index contributed by atoms with van der Waals surface area (Å²) in [7, 11) is 2.32. The summed E-state index contributed by atoms with van der Waals surface area (Å²) < 4.78 is 0. The molecule has 1 saturated heterocycles. The van der Waals surface area contributed by atoms with Crippen molar-refractivity contribution in [2.75, 3.05) is 33.2 Å². The Balaban J connectivity index is 2.12. The van der Waals surface area contributed by atoms with E-state index in [-0.39, 0.29) is 0 Å². The summed E-state index contributed by atoms with van der Waals surface area (Å²) in [5.74, 6) is 1.90. The van der Waals surface area contributed by atoms with Crippen LogP contribution in [0.4, 0.5) is 0 Å². The van der Waals surface area contributed by atoms with E-state index in [9.17, 15) is 0 Å². The molecule has 0 amide bonds. The summed E-state index contributed by atoms with van der Waals surface area (Å²) in [5.41, 5.74) is 0. The quantitative estimate of drug-likeness (QED) is 0.677. The van der Waals surface area contributed by atoms with Crippen LogP contribution in [0.5, 0.6) is 0 Å². The molecule has 1 unspecified atom stereocenters. The zero-order valence-corrected chi connectivity index (χ0v) is 12.9. The highest BCUT2D eigenvalue weighted by Gasteiger charge is 2.14. The van der Waals surface area contributed by atoms with Crippen LogP contribution >= 0.6 is 0 Å². The molecule has 1 N–H and O–H groups in total. The van der Waals surface area contributed by atoms with E-state index >= 15 is 0 Å². The predicted octanol–water partition coefficient (Wildman–Crippen LogP) is 3.52. The van der Waals surface area contributed by atoms with E-state index in [1.807, 2.05) is 0 Å². The van der Waals surface area contributed by atoms with Gasteiger partial charge in [0.15, 0.2) is 0 Å². The highest BCUT2D eigenvalue weighted by molar-refractivity contribution is 4.70. The van der Waals surface area contributed by atoms with Crippen LogP contribution in [0.15, 0.2) is 0 Å². The molecule has 0 spiro atoms. The molecule has 0 aromatic rings. The summed E-state index contributed by atoms with van der Waals surface area (Å²) in [4.78, 5) is 2.58. The molecule has 0 aromatic carbocycles. The van der Waals surface area contributed by atoms with Gasteiger partial charge in [0.2, 0.25) is 0 Å². The van der Waals surface area contributed by atoms with Gasteiger partial charge in [-0.3, -0.25) is 0 Å². The number of unbranched alkanes of at least 4 members (excludes halogenated alkanes) is 1. The number of hydrogen-bond donors (Lipinski definition) is 1. The molecule has 0 bridgehead atoms. The standard InChI is InChI=1S/C16H34N2/c1-4-6-7-15(5-2)14-18(3)13-10-16-8-11-17-12-9-16/h15-17H,4-14H2,1-3H3. The van der Waals surface area contributed by atoms with Gasteiger partial charge in [0, 0.05) is 6.54 Å². The lowest BCUT2D eigenvalue weighted by molar-refractivity contribution is 0.230. The maximum Gasteiger partial charge on any atom is 0.000651 e. The smallest absolute Gasteiger partial charge is 0.000651 e. The van der Waals surface area contributed by atoms with Crippen molar-refractivity contribution in [2.24, 2.45) is 11.8 Å². The zero-order valence-electron chi connectivity index (χ0n) is 12.9. The van der Waals surface area contributed by atoms with Crippen LogP contribution < -0.4 is 5.32 Å². The van der Waals surface area contributed by atoms with Crippen molar-refractivity contribution in [3.05, 3.63) is 0 Å². The Morgan fingerprint density at radius 1 is 1.22 bits per heavy atom. The second-order valence-corrected chi connectivity index (χ2v) is 6.16. The highest BCUT2D eigenvalue weighted by atomic mass is 15.1. The molecule has 1 atom stereocenters. The number of piperidine rings is 1. The molecule has 1 aliphatic rings. The van der Waals surface area contributed by atoms with Crippen molar-refractivity contribution >= 4 is 0 Å². The van der Waals surface area contributed by atoms with Crippen LogP contribution in [0.25, 0.3) is 0 Å². The third-order valence-electron chi connectivity index (χ3n) is 4.49. The van der Waals surface area contributed by atoms with E-state index in [4.69, 9.17) is 0 Å². The van der Waals surface area contributed by atoms with Gasteiger partial charge in [0.1, 0.15) is 0 Å². The van der Waals surface area contributed by atoms with Crippen LogP contribution in [0.2, 0.25) is 0 Å². The van der Waals surface area contributed by atoms with Gasteiger partial charge in [0.05, 0.1) is 0 Å². The van der Waals surface area contributed by atoms with Crippen molar-refractivity contribution in [2.45, 2.75) is 58.8 Å². The fraction of sp³-hybridized carbons (Fsp3) is 1.00.